The maximum Gasteiger partial charge on any atom is 0.471 e. The van der Waals surface area contributed by atoms with Crippen LogP contribution >= 0.6 is 0 Å². The van der Waals surface area contributed by atoms with Gasteiger partial charge in [0, 0.05) is 5.69 Å². The van der Waals surface area contributed by atoms with Gasteiger partial charge in [0.1, 0.15) is 48.8 Å². The van der Waals surface area contributed by atoms with Crippen molar-refractivity contribution >= 4 is 19.9 Å². The molecule has 13 nitrogen and oxygen atoms in total. The topological polar surface area (TPSA) is 142 Å². The van der Waals surface area contributed by atoms with Crippen LogP contribution in [-0.2, 0) is 91.3 Å². The SMILES string of the molecule is CC(C)(C)[Si](C)(C)OC[C@H]1O[C@H](OCCc2ccc(NC(=O)C(F)(F)F)cc2)[C@H](OCc2ccccc2)[C@@H](O[C@@H]2O[C@H](COCc3ccccc3)[C@@H](OCc3ccccc3)[C@H](OCc3ccccc3)[C@H]2OCc2ccccc2)[C@@H]1O. The number of carbonyl (C=O) groups excluding carboxylic acids is 1. The molecule has 428 valence electrons. The Morgan fingerprint density at radius 1 is 0.512 bits per heavy atom. The van der Waals surface area contributed by atoms with Crippen LogP contribution in [-0.4, -0.2) is 107 Å². The number of aliphatic hydroxyl groups is 1. The normalized spacial score (nSPS) is 23.6. The van der Waals surface area contributed by atoms with Gasteiger partial charge in [-0.2, -0.15) is 13.2 Å². The van der Waals surface area contributed by atoms with Crippen LogP contribution < -0.4 is 5.32 Å². The molecule has 6 aromatic carbocycles. The number of amides is 1. The van der Waals surface area contributed by atoms with Gasteiger partial charge in [0.15, 0.2) is 20.9 Å². The predicted octanol–water partition coefficient (Wildman–Crippen LogP) is 11.5. The minimum absolute atomic E-state index is 0.0108. The number of halogens is 3. The van der Waals surface area contributed by atoms with Gasteiger partial charge in [-0.25, -0.2) is 0 Å². The van der Waals surface area contributed by atoms with Crippen LogP contribution in [0.5, 0.6) is 0 Å². The third-order valence-electron chi connectivity index (χ3n) is 14.6. The molecule has 80 heavy (non-hydrogen) atoms. The number of alkyl halides is 3. The first-order valence-electron chi connectivity index (χ1n) is 27.1. The first-order valence-corrected chi connectivity index (χ1v) is 30.0. The smallest absolute Gasteiger partial charge is 0.414 e. The Balaban J connectivity index is 1.16. The number of nitrogens with one attached hydrogen (secondary N) is 1. The number of rotatable bonds is 26. The van der Waals surface area contributed by atoms with Gasteiger partial charge in [-0.3, -0.25) is 4.79 Å². The van der Waals surface area contributed by atoms with E-state index in [2.05, 4.69) is 33.9 Å². The molecule has 0 aliphatic carbocycles. The number of hydrogen-bond acceptors (Lipinski definition) is 12. The van der Waals surface area contributed by atoms with Crippen LogP contribution in [0.15, 0.2) is 176 Å². The third kappa shape index (κ3) is 17.4. The second-order valence-corrected chi connectivity index (χ2v) is 26.4. The van der Waals surface area contributed by atoms with E-state index in [1.54, 1.807) is 12.1 Å². The van der Waals surface area contributed by atoms with Crippen molar-refractivity contribution in [2.45, 2.75) is 146 Å². The summed E-state index contributed by atoms with van der Waals surface area (Å²) in [7, 11) is -2.45. The average Bonchev–Trinajstić information content (AvgIpc) is 3.48. The van der Waals surface area contributed by atoms with Gasteiger partial charge in [0.25, 0.3) is 0 Å². The highest BCUT2D eigenvalue weighted by Gasteiger charge is 2.55. The lowest BCUT2D eigenvalue weighted by molar-refractivity contribution is -0.375. The highest BCUT2D eigenvalue weighted by atomic mass is 28.4. The van der Waals surface area contributed by atoms with Crippen molar-refractivity contribution < 1.29 is 70.1 Å². The molecular formula is C63H74F3NO12Si. The van der Waals surface area contributed by atoms with Crippen molar-refractivity contribution in [1.82, 2.24) is 0 Å². The summed E-state index contributed by atoms with van der Waals surface area (Å²) >= 11 is 0. The van der Waals surface area contributed by atoms with Gasteiger partial charge in [-0.1, -0.05) is 185 Å². The van der Waals surface area contributed by atoms with Gasteiger partial charge in [-0.05, 0) is 70.1 Å². The minimum atomic E-state index is -5.04. The number of carbonyl (C=O) groups is 1. The lowest BCUT2D eigenvalue weighted by Gasteiger charge is -2.50. The zero-order valence-electron chi connectivity index (χ0n) is 46.0. The number of aliphatic hydroxyl groups excluding tert-OH is 1. The maximum absolute atomic E-state index is 13.0. The molecule has 2 heterocycles. The molecule has 2 fully saturated rings. The molecule has 0 saturated carbocycles. The lowest BCUT2D eigenvalue weighted by atomic mass is 9.96. The number of ether oxygens (including phenoxy) is 9. The summed E-state index contributed by atoms with van der Waals surface area (Å²) < 4.78 is 108. The van der Waals surface area contributed by atoms with Crippen LogP contribution in [0.25, 0.3) is 0 Å². The highest BCUT2D eigenvalue weighted by Crippen LogP contribution is 2.39. The van der Waals surface area contributed by atoms with Crippen LogP contribution in [0.2, 0.25) is 18.1 Å². The van der Waals surface area contributed by atoms with Crippen LogP contribution in [0, 0.1) is 0 Å². The van der Waals surface area contributed by atoms with Crippen molar-refractivity contribution in [3.63, 3.8) is 0 Å². The van der Waals surface area contributed by atoms with Gasteiger partial charge in [0.2, 0.25) is 0 Å². The van der Waals surface area contributed by atoms with E-state index in [1.807, 2.05) is 157 Å². The fourth-order valence-electron chi connectivity index (χ4n) is 9.03. The summed E-state index contributed by atoms with van der Waals surface area (Å²) in [6, 6.07) is 54.8. The Hall–Kier alpha value is -5.64. The van der Waals surface area contributed by atoms with E-state index in [-0.39, 0.29) is 70.0 Å². The van der Waals surface area contributed by atoms with Gasteiger partial charge < -0.3 is 57.5 Å². The lowest BCUT2D eigenvalue weighted by Crippen LogP contribution is -2.66. The van der Waals surface area contributed by atoms with Gasteiger partial charge in [-0.15, -0.1) is 0 Å². The maximum atomic E-state index is 13.0. The monoisotopic (exact) mass is 1120 g/mol. The quantitative estimate of drug-likeness (QED) is 0.0499. The van der Waals surface area contributed by atoms with Crippen molar-refractivity contribution in [3.05, 3.63) is 209 Å². The molecule has 2 aliphatic rings. The zero-order chi connectivity index (χ0) is 56.5. The molecule has 0 aromatic heterocycles. The summed E-state index contributed by atoms with van der Waals surface area (Å²) in [5.74, 6) is -2.07. The molecule has 0 radical (unpaired) electrons. The molecule has 0 spiro atoms. The first-order chi connectivity index (χ1) is 38.5. The van der Waals surface area contributed by atoms with E-state index < -0.39 is 81.8 Å². The first kappa shape index (κ1) is 60.5. The van der Waals surface area contributed by atoms with Crippen molar-refractivity contribution in [1.29, 1.82) is 0 Å². The Kier molecular flexibility index (Phi) is 21.8. The zero-order valence-corrected chi connectivity index (χ0v) is 47.0. The molecule has 2 saturated heterocycles. The molecule has 0 unspecified atom stereocenters. The molecule has 2 N–H and O–H groups in total. The fourth-order valence-corrected chi connectivity index (χ4v) is 10.0. The summed E-state index contributed by atoms with van der Waals surface area (Å²) in [6.07, 6.45) is -15.4. The van der Waals surface area contributed by atoms with Crippen LogP contribution in [0.4, 0.5) is 18.9 Å². The highest BCUT2D eigenvalue weighted by molar-refractivity contribution is 6.74. The standard InChI is InChI=1S/C63H74F3NO12Si/c1-62(2,3)80(4,5)76-43-51-53(68)55(57(74-40-48-27-17-9-18-28-48)59(77-51)71-36-35-44-31-33-50(34-32-44)67-61(69)63(64,65)66)79-60-58(75-41-49-29-19-10-20-30-49)56(73-39-47-25-15-8-16-26-47)54(72-38-46-23-13-7-14-24-46)52(78-60)42-70-37-45-21-11-6-12-22-45/h6-34,51-60,68H,35-43H2,1-5H3,(H,67,69)/t51-,52-,53-,54-,55+,56+,57-,58-,59+,60+/m1/s1. The molecule has 2 aliphatic heterocycles. The fraction of sp³-hybridized carbons (Fsp3) is 0.413. The third-order valence-corrected chi connectivity index (χ3v) is 19.1. The largest absolute Gasteiger partial charge is 0.471 e. The molecular weight excluding hydrogens is 1050 g/mol. The van der Waals surface area contributed by atoms with Crippen molar-refractivity contribution in [3.8, 4) is 0 Å². The average molecular weight is 1120 g/mol. The van der Waals surface area contributed by atoms with E-state index in [9.17, 15) is 23.1 Å². The molecule has 6 aromatic rings. The molecule has 8 rings (SSSR count). The van der Waals surface area contributed by atoms with Gasteiger partial charge >= 0.3 is 12.1 Å². The molecule has 17 heteroatoms. The Morgan fingerprint density at radius 3 is 1.40 bits per heavy atom. The molecule has 0 bridgehead atoms. The van der Waals surface area contributed by atoms with E-state index in [0.29, 0.717) is 5.56 Å². The molecule has 10 atom stereocenters. The van der Waals surface area contributed by atoms with E-state index in [1.165, 1.54) is 12.1 Å². The van der Waals surface area contributed by atoms with Crippen LogP contribution in [0.3, 0.4) is 0 Å². The number of anilines is 1. The van der Waals surface area contributed by atoms with Crippen LogP contribution in [0.1, 0.15) is 54.2 Å². The van der Waals surface area contributed by atoms with Crippen molar-refractivity contribution in [2.24, 2.45) is 0 Å². The van der Waals surface area contributed by atoms with E-state index >= 15 is 0 Å². The molecule has 1 amide bonds. The summed E-state index contributed by atoms with van der Waals surface area (Å²) in [5.41, 5.74) is 5.23. The Morgan fingerprint density at radius 2 is 0.938 bits per heavy atom. The number of benzene rings is 6. The minimum Gasteiger partial charge on any atom is -0.414 e. The second-order valence-electron chi connectivity index (χ2n) is 21.6. The van der Waals surface area contributed by atoms with Crippen molar-refractivity contribution in [2.75, 3.05) is 25.1 Å². The van der Waals surface area contributed by atoms with Gasteiger partial charge in [0.05, 0.1) is 52.9 Å². The van der Waals surface area contributed by atoms with E-state index in [0.717, 1.165) is 27.8 Å². The van der Waals surface area contributed by atoms with E-state index in [4.69, 9.17) is 47.1 Å². The Labute approximate surface area is 468 Å². The Bertz CT molecular complexity index is 2750. The second kappa shape index (κ2) is 28.9. The summed E-state index contributed by atoms with van der Waals surface area (Å²) in [4.78, 5) is 11.6. The predicted molar refractivity (Wildman–Crippen MR) is 298 cm³/mol. The summed E-state index contributed by atoms with van der Waals surface area (Å²) in [5, 5.41) is 14.6. The summed E-state index contributed by atoms with van der Waals surface area (Å²) in [6.45, 7) is 11.6. The number of hydrogen-bond donors (Lipinski definition) is 2.